The molecule has 1 N–H and O–H groups in total. The van der Waals surface area contributed by atoms with Crippen LogP contribution in [0.25, 0.3) is 6.08 Å². The van der Waals surface area contributed by atoms with Crippen LogP contribution in [0.3, 0.4) is 0 Å². The van der Waals surface area contributed by atoms with Crippen LogP contribution in [0.2, 0.25) is 0 Å². The highest BCUT2D eigenvalue weighted by Gasteiger charge is 2.40. The van der Waals surface area contributed by atoms with E-state index in [9.17, 15) is 18.8 Å². The van der Waals surface area contributed by atoms with Gasteiger partial charge in [0.05, 0.1) is 6.61 Å². The smallest absolute Gasteiger partial charge is 0.331 e. The molecular weight excluding hydrogens is 427 g/mol. The third-order valence-electron chi connectivity index (χ3n) is 5.74. The molecule has 2 aromatic rings. The Labute approximate surface area is 191 Å². The second-order valence-electron chi connectivity index (χ2n) is 7.95. The van der Waals surface area contributed by atoms with E-state index in [1.807, 2.05) is 6.92 Å². The van der Waals surface area contributed by atoms with Crippen molar-refractivity contribution in [1.29, 1.82) is 0 Å². The Hall–Kier alpha value is -3.68. The number of hydrogen-bond acceptors (Lipinski definition) is 5. The summed E-state index contributed by atoms with van der Waals surface area (Å²) in [7, 11) is 0. The molecule has 172 valence electrons. The van der Waals surface area contributed by atoms with Crippen LogP contribution in [-0.4, -0.2) is 35.4 Å². The number of rotatable bonds is 7. The van der Waals surface area contributed by atoms with Gasteiger partial charge in [-0.05, 0) is 49.6 Å². The predicted molar refractivity (Wildman–Crippen MR) is 119 cm³/mol. The molecule has 1 aliphatic heterocycles. The van der Waals surface area contributed by atoms with Crippen molar-refractivity contribution < 1.29 is 28.2 Å². The summed E-state index contributed by atoms with van der Waals surface area (Å²) in [6, 6.07) is 10.4. The molecule has 4 rings (SSSR count). The lowest BCUT2D eigenvalue weighted by atomic mass is 10.0. The largest absolute Gasteiger partial charge is 0.490 e. The van der Waals surface area contributed by atoms with Crippen molar-refractivity contribution in [2.45, 2.75) is 45.3 Å². The average Bonchev–Trinajstić information content (AvgIpc) is 3.31. The standard InChI is InChI=1S/C25H25FN2O5/c1-2-32-22-14-16(11-12-21(22)33-15-17-7-3-6-10-20(17)26)13-19-23(29)27-25(31)28(24(19)30)18-8-4-5-9-18/h3,6-7,10-14,18H,2,4-5,8-9,15H2,1H3,(H,27,29,31)/b19-13+. The van der Waals surface area contributed by atoms with E-state index in [1.54, 1.807) is 36.4 Å². The number of hydrogen-bond donors (Lipinski definition) is 1. The van der Waals surface area contributed by atoms with Gasteiger partial charge in [-0.25, -0.2) is 9.18 Å². The summed E-state index contributed by atoms with van der Waals surface area (Å²) in [5.41, 5.74) is 0.840. The number of carbonyl (C=O) groups is 3. The van der Waals surface area contributed by atoms with Crippen molar-refractivity contribution in [3.8, 4) is 11.5 Å². The van der Waals surface area contributed by atoms with E-state index in [0.717, 1.165) is 30.6 Å². The van der Waals surface area contributed by atoms with Gasteiger partial charge in [0.2, 0.25) is 0 Å². The molecule has 1 saturated carbocycles. The molecule has 2 aromatic carbocycles. The summed E-state index contributed by atoms with van der Waals surface area (Å²) in [5.74, 6) is -0.870. The molecule has 0 atom stereocenters. The quantitative estimate of drug-likeness (QED) is 0.503. The minimum Gasteiger partial charge on any atom is -0.490 e. The van der Waals surface area contributed by atoms with Gasteiger partial charge in [0, 0.05) is 11.6 Å². The van der Waals surface area contributed by atoms with Gasteiger partial charge in [-0.3, -0.25) is 19.8 Å². The lowest BCUT2D eigenvalue weighted by Crippen LogP contribution is -2.57. The van der Waals surface area contributed by atoms with E-state index in [0.29, 0.717) is 29.2 Å². The highest BCUT2D eigenvalue weighted by molar-refractivity contribution is 6.31. The molecule has 8 heteroatoms. The molecule has 0 aromatic heterocycles. The Kier molecular flexibility index (Phi) is 6.72. The summed E-state index contributed by atoms with van der Waals surface area (Å²) >= 11 is 0. The number of carbonyl (C=O) groups excluding carboxylic acids is 3. The zero-order valence-corrected chi connectivity index (χ0v) is 18.3. The number of nitrogens with one attached hydrogen (secondary N) is 1. The maximum atomic E-state index is 13.9. The van der Waals surface area contributed by atoms with Gasteiger partial charge in [-0.1, -0.05) is 37.1 Å². The first kappa shape index (κ1) is 22.5. The van der Waals surface area contributed by atoms with Gasteiger partial charge in [-0.15, -0.1) is 0 Å². The number of urea groups is 1. The zero-order chi connectivity index (χ0) is 23.4. The van der Waals surface area contributed by atoms with Crippen LogP contribution in [0.4, 0.5) is 9.18 Å². The SMILES string of the molecule is CCOc1cc(/C=C2\C(=O)NC(=O)N(C3CCCC3)C2=O)ccc1OCc1ccccc1F. The normalized spacial score (nSPS) is 18.1. The van der Waals surface area contributed by atoms with E-state index in [2.05, 4.69) is 5.32 Å². The molecule has 2 aliphatic rings. The lowest BCUT2D eigenvalue weighted by molar-refractivity contribution is -0.131. The van der Waals surface area contributed by atoms with Crippen LogP contribution in [-0.2, 0) is 16.2 Å². The number of imide groups is 2. The summed E-state index contributed by atoms with van der Waals surface area (Å²) in [6.45, 7) is 2.20. The van der Waals surface area contributed by atoms with Crippen molar-refractivity contribution in [2.75, 3.05) is 6.61 Å². The van der Waals surface area contributed by atoms with Crippen molar-refractivity contribution in [1.82, 2.24) is 10.2 Å². The second-order valence-corrected chi connectivity index (χ2v) is 7.95. The summed E-state index contributed by atoms with van der Waals surface area (Å²) in [6.07, 6.45) is 4.81. The van der Waals surface area contributed by atoms with E-state index in [4.69, 9.17) is 9.47 Å². The Morgan fingerprint density at radius 2 is 1.82 bits per heavy atom. The molecule has 1 heterocycles. The van der Waals surface area contributed by atoms with Gasteiger partial charge in [0.1, 0.15) is 18.0 Å². The van der Waals surface area contributed by atoms with Gasteiger partial charge in [0.15, 0.2) is 11.5 Å². The molecule has 1 saturated heterocycles. The topological polar surface area (TPSA) is 84.9 Å². The van der Waals surface area contributed by atoms with E-state index in [-0.39, 0.29) is 24.0 Å². The van der Waals surface area contributed by atoms with Gasteiger partial charge >= 0.3 is 6.03 Å². The fourth-order valence-corrected chi connectivity index (χ4v) is 4.10. The molecular formula is C25H25FN2O5. The van der Waals surface area contributed by atoms with Crippen molar-refractivity contribution in [2.24, 2.45) is 0 Å². The fourth-order valence-electron chi connectivity index (χ4n) is 4.10. The molecule has 0 spiro atoms. The summed E-state index contributed by atoms with van der Waals surface area (Å²) in [5, 5.41) is 2.27. The Morgan fingerprint density at radius 3 is 2.55 bits per heavy atom. The van der Waals surface area contributed by atoms with Crippen LogP contribution in [0.5, 0.6) is 11.5 Å². The van der Waals surface area contributed by atoms with Gasteiger partial charge in [-0.2, -0.15) is 0 Å². The van der Waals surface area contributed by atoms with Crippen LogP contribution < -0.4 is 14.8 Å². The third kappa shape index (κ3) is 4.89. The lowest BCUT2D eigenvalue weighted by Gasteiger charge is -2.31. The van der Waals surface area contributed by atoms with E-state index < -0.39 is 17.8 Å². The molecule has 1 aliphatic carbocycles. The second kappa shape index (κ2) is 9.85. The molecule has 0 unspecified atom stereocenters. The summed E-state index contributed by atoms with van der Waals surface area (Å²) in [4.78, 5) is 38.8. The molecule has 4 amide bonds. The van der Waals surface area contributed by atoms with Crippen LogP contribution >= 0.6 is 0 Å². The highest BCUT2D eigenvalue weighted by Crippen LogP contribution is 2.31. The van der Waals surface area contributed by atoms with Crippen LogP contribution in [0.15, 0.2) is 48.0 Å². The maximum absolute atomic E-state index is 13.9. The van der Waals surface area contributed by atoms with Gasteiger partial charge < -0.3 is 9.47 Å². The maximum Gasteiger partial charge on any atom is 0.331 e. The first-order valence-electron chi connectivity index (χ1n) is 11.0. The van der Waals surface area contributed by atoms with Crippen LogP contribution in [0.1, 0.15) is 43.7 Å². The fraction of sp³-hybridized carbons (Fsp3) is 0.320. The van der Waals surface area contributed by atoms with E-state index >= 15 is 0 Å². The Balaban J connectivity index is 1.58. The van der Waals surface area contributed by atoms with Crippen molar-refractivity contribution in [3.63, 3.8) is 0 Å². The number of ether oxygens (including phenoxy) is 2. The predicted octanol–water partition coefficient (Wildman–Crippen LogP) is 4.21. The Morgan fingerprint density at radius 1 is 1.06 bits per heavy atom. The van der Waals surface area contributed by atoms with Crippen molar-refractivity contribution >= 4 is 23.9 Å². The molecule has 7 nitrogen and oxygen atoms in total. The van der Waals surface area contributed by atoms with Gasteiger partial charge in [0.25, 0.3) is 11.8 Å². The third-order valence-corrected chi connectivity index (χ3v) is 5.74. The first-order valence-corrected chi connectivity index (χ1v) is 11.0. The number of halogens is 1. The van der Waals surface area contributed by atoms with Crippen LogP contribution in [0, 0.1) is 5.82 Å². The number of barbiturate groups is 1. The number of benzene rings is 2. The number of nitrogens with zero attached hydrogens (tertiary/aromatic N) is 1. The first-order chi connectivity index (χ1) is 16.0. The number of amides is 4. The Bertz CT molecular complexity index is 1110. The average molecular weight is 452 g/mol. The summed E-state index contributed by atoms with van der Waals surface area (Å²) < 4.78 is 25.3. The van der Waals surface area contributed by atoms with Crippen molar-refractivity contribution in [3.05, 3.63) is 65.0 Å². The monoisotopic (exact) mass is 452 g/mol. The molecule has 0 bridgehead atoms. The zero-order valence-electron chi connectivity index (χ0n) is 18.3. The van der Waals surface area contributed by atoms with E-state index in [1.165, 1.54) is 12.1 Å². The highest BCUT2D eigenvalue weighted by atomic mass is 19.1. The molecule has 2 fully saturated rings. The molecule has 33 heavy (non-hydrogen) atoms. The minimum absolute atomic E-state index is 0.0204. The molecule has 0 radical (unpaired) electrons. The minimum atomic E-state index is -0.725.